The van der Waals surface area contributed by atoms with E-state index < -0.39 is 23.7 Å². The van der Waals surface area contributed by atoms with Gasteiger partial charge in [0.15, 0.2) is 0 Å². The minimum atomic E-state index is -0.693. The van der Waals surface area contributed by atoms with Crippen molar-refractivity contribution < 1.29 is 19.1 Å². The highest BCUT2D eigenvalue weighted by Gasteiger charge is 2.50. The molecule has 0 spiro atoms. The van der Waals surface area contributed by atoms with Gasteiger partial charge in [-0.3, -0.25) is 9.80 Å². The van der Waals surface area contributed by atoms with Gasteiger partial charge in [0.1, 0.15) is 11.6 Å². The van der Waals surface area contributed by atoms with Crippen LogP contribution in [0.4, 0.5) is 4.79 Å². The summed E-state index contributed by atoms with van der Waals surface area (Å²) in [6, 6.07) is 9.41. The summed E-state index contributed by atoms with van der Waals surface area (Å²) in [4.78, 5) is 29.1. The molecule has 2 rings (SSSR count). The van der Waals surface area contributed by atoms with Gasteiger partial charge < -0.3 is 9.47 Å². The molecule has 1 fully saturated rings. The number of carbonyl (C=O) groups excluding carboxylic acids is 2. The van der Waals surface area contributed by atoms with Crippen LogP contribution in [0.2, 0.25) is 0 Å². The Morgan fingerprint density at radius 3 is 2.46 bits per heavy atom. The molecule has 6 nitrogen and oxygen atoms in total. The lowest BCUT2D eigenvalue weighted by Gasteiger charge is -2.29. The van der Waals surface area contributed by atoms with Crippen molar-refractivity contribution in [3.63, 3.8) is 0 Å². The van der Waals surface area contributed by atoms with Crippen LogP contribution >= 0.6 is 0 Å². The monoisotopic (exact) mass is 388 g/mol. The largest absolute Gasteiger partial charge is 0.467 e. The summed E-state index contributed by atoms with van der Waals surface area (Å²) in [6.45, 7) is 10.4. The molecule has 1 aliphatic rings. The number of carbonyl (C=O) groups is 2. The highest BCUT2D eigenvalue weighted by molar-refractivity contribution is 5.83. The van der Waals surface area contributed by atoms with E-state index in [1.54, 1.807) is 6.08 Å². The molecule has 1 aromatic carbocycles. The Bertz CT molecular complexity index is 684. The van der Waals surface area contributed by atoms with Crippen molar-refractivity contribution in [1.29, 1.82) is 0 Å². The molecule has 154 valence electrons. The summed E-state index contributed by atoms with van der Waals surface area (Å²) in [5.74, 6) is -0.542. The molecular formula is C22H32N2O4. The van der Waals surface area contributed by atoms with Crippen LogP contribution in [0.15, 0.2) is 43.0 Å². The average Bonchev–Trinajstić information content (AvgIpc) is 3.00. The lowest BCUT2D eigenvalue weighted by Crippen LogP contribution is -2.46. The van der Waals surface area contributed by atoms with Gasteiger partial charge in [0.2, 0.25) is 0 Å². The van der Waals surface area contributed by atoms with Gasteiger partial charge in [-0.1, -0.05) is 36.4 Å². The number of rotatable bonds is 6. The highest BCUT2D eigenvalue weighted by Crippen LogP contribution is 2.33. The van der Waals surface area contributed by atoms with E-state index in [4.69, 9.17) is 9.47 Å². The molecule has 0 saturated carbocycles. The van der Waals surface area contributed by atoms with Crippen molar-refractivity contribution in [1.82, 2.24) is 9.80 Å². The fraction of sp³-hybridized carbons (Fsp3) is 0.545. The number of allylic oxidation sites excluding steroid dienone is 1. The zero-order valence-electron chi connectivity index (χ0n) is 17.6. The van der Waals surface area contributed by atoms with Crippen molar-refractivity contribution in [2.45, 2.75) is 51.4 Å². The van der Waals surface area contributed by atoms with Gasteiger partial charge in [-0.25, -0.2) is 9.59 Å². The minimum Gasteiger partial charge on any atom is -0.467 e. The summed E-state index contributed by atoms with van der Waals surface area (Å²) in [5, 5.41) is 0. The maximum absolute atomic E-state index is 12.8. The van der Waals surface area contributed by atoms with Crippen molar-refractivity contribution in [3.8, 4) is 0 Å². The molecule has 1 heterocycles. The van der Waals surface area contributed by atoms with Gasteiger partial charge in [0.25, 0.3) is 0 Å². The van der Waals surface area contributed by atoms with E-state index in [1.165, 1.54) is 17.6 Å². The molecule has 28 heavy (non-hydrogen) atoms. The van der Waals surface area contributed by atoms with E-state index in [2.05, 4.69) is 23.6 Å². The molecule has 6 heteroatoms. The quantitative estimate of drug-likeness (QED) is 0.552. The second kappa shape index (κ2) is 9.24. The van der Waals surface area contributed by atoms with Gasteiger partial charge in [0, 0.05) is 25.0 Å². The van der Waals surface area contributed by atoms with E-state index in [1.807, 2.05) is 46.0 Å². The standard InChI is InChI=1S/C22H32N2O4/c1-7-11-17-18(23(5)14-16-12-9-8-10-13-16)15-24(19(17)20(25)27-6)21(26)28-22(2,3)4/h7-10,12-13,17-19H,1,11,14-15H2,2-6H3/t17-,18+,19+/m1/s1. The van der Waals surface area contributed by atoms with Gasteiger partial charge in [-0.2, -0.15) is 0 Å². The van der Waals surface area contributed by atoms with Gasteiger partial charge >= 0.3 is 12.1 Å². The molecular weight excluding hydrogens is 356 g/mol. The Morgan fingerprint density at radius 1 is 1.29 bits per heavy atom. The Kier molecular flexibility index (Phi) is 7.24. The molecule has 1 aromatic rings. The first-order chi connectivity index (χ1) is 13.2. The third kappa shape index (κ3) is 5.35. The third-order valence-corrected chi connectivity index (χ3v) is 4.97. The Labute approximate surface area is 168 Å². The van der Waals surface area contributed by atoms with Crippen molar-refractivity contribution in [2.75, 3.05) is 20.7 Å². The van der Waals surface area contributed by atoms with Crippen LogP contribution in [0, 0.1) is 5.92 Å². The van der Waals surface area contributed by atoms with Crippen LogP contribution in [-0.2, 0) is 20.8 Å². The second-order valence-electron chi connectivity index (χ2n) is 8.26. The number of esters is 1. The number of methoxy groups -OCH3 is 1. The topological polar surface area (TPSA) is 59.1 Å². The summed E-state index contributed by atoms with van der Waals surface area (Å²) in [5.41, 5.74) is 0.535. The second-order valence-corrected chi connectivity index (χ2v) is 8.26. The summed E-state index contributed by atoms with van der Waals surface area (Å²) < 4.78 is 10.6. The predicted octanol–water partition coefficient (Wildman–Crippen LogP) is 3.47. The number of hydrogen-bond acceptors (Lipinski definition) is 5. The van der Waals surface area contributed by atoms with Crippen LogP contribution in [0.25, 0.3) is 0 Å². The van der Waals surface area contributed by atoms with Gasteiger partial charge in [0.05, 0.1) is 7.11 Å². The number of ether oxygens (including phenoxy) is 2. The molecule has 1 saturated heterocycles. The third-order valence-electron chi connectivity index (χ3n) is 4.97. The summed E-state index contributed by atoms with van der Waals surface area (Å²) >= 11 is 0. The minimum absolute atomic E-state index is 0.0187. The fourth-order valence-electron chi connectivity index (χ4n) is 3.76. The van der Waals surface area contributed by atoms with Crippen molar-refractivity contribution in [3.05, 3.63) is 48.6 Å². The van der Waals surface area contributed by atoms with E-state index in [9.17, 15) is 9.59 Å². The van der Waals surface area contributed by atoms with Crippen molar-refractivity contribution in [2.24, 2.45) is 5.92 Å². The number of likely N-dealkylation sites (tertiary alicyclic amines) is 1. The lowest BCUT2D eigenvalue weighted by molar-refractivity contribution is -0.147. The number of amides is 1. The molecule has 0 aromatic heterocycles. The molecule has 0 unspecified atom stereocenters. The van der Waals surface area contributed by atoms with Crippen LogP contribution in [0.1, 0.15) is 32.8 Å². The van der Waals surface area contributed by atoms with E-state index in [0.717, 1.165) is 6.54 Å². The molecule has 3 atom stereocenters. The summed E-state index contributed by atoms with van der Waals surface area (Å²) in [7, 11) is 3.36. The van der Waals surface area contributed by atoms with E-state index >= 15 is 0 Å². The lowest BCUT2D eigenvalue weighted by atomic mass is 9.91. The first-order valence-corrected chi connectivity index (χ1v) is 9.60. The zero-order valence-corrected chi connectivity index (χ0v) is 17.6. The molecule has 1 aliphatic heterocycles. The summed E-state index contributed by atoms with van der Waals surface area (Å²) in [6.07, 6.45) is 1.90. The fourth-order valence-corrected chi connectivity index (χ4v) is 3.76. The molecule has 1 amide bonds. The predicted molar refractivity (Wildman–Crippen MR) is 109 cm³/mol. The molecule has 0 bridgehead atoms. The number of likely N-dealkylation sites (N-methyl/N-ethyl adjacent to an activating group) is 1. The van der Waals surface area contributed by atoms with Crippen LogP contribution in [0.5, 0.6) is 0 Å². The maximum Gasteiger partial charge on any atom is 0.411 e. The number of hydrogen-bond donors (Lipinski definition) is 0. The Balaban J connectivity index is 2.29. The number of nitrogens with zero attached hydrogens (tertiary/aromatic N) is 2. The molecule has 0 N–H and O–H groups in total. The zero-order chi connectivity index (χ0) is 20.9. The maximum atomic E-state index is 12.8. The van der Waals surface area contributed by atoms with E-state index in [0.29, 0.717) is 13.0 Å². The van der Waals surface area contributed by atoms with Gasteiger partial charge in [-0.05, 0) is 39.8 Å². The van der Waals surface area contributed by atoms with Crippen LogP contribution in [0.3, 0.4) is 0 Å². The first kappa shape index (κ1) is 22.0. The first-order valence-electron chi connectivity index (χ1n) is 9.60. The smallest absolute Gasteiger partial charge is 0.411 e. The SMILES string of the molecule is C=CC[C@H]1[C@@H](C(=O)OC)N(C(=O)OC(C)(C)C)C[C@@H]1N(C)Cc1ccccc1. The van der Waals surface area contributed by atoms with Gasteiger partial charge in [-0.15, -0.1) is 6.58 Å². The molecule has 0 radical (unpaired) electrons. The normalized spacial score (nSPS) is 22.2. The van der Waals surface area contributed by atoms with E-state index in [-0.39, 0.29) is 12.0 Å². The Hall–Kier alpha value is -2.34. The van der Waals surface area contributed by atoms with Crippen molar-refractivity contribution >= 4 is 12.1 Å². The molecule has 0 aliphatic carbocycles. The Morgan fingerprint density at radius 2 is 1.93 bits per heavy atom. The van der Waals surface area contributed by atoms with Crippen LogP contribution < -0.4 is 0 Å². The van der Waals surface area contributed by atoms with Crippen LogP contribution in [-0.4, -0.2) is 60.2 Å². The number of benzene rings is 1. The highest BCUT2D eigenvalue weighted by atomic mass is 16.6. The average molecular weight is 389 g/mol.